The van der Waals surface area contributed by atoms with Gasteiger partial charge in [-0.1, -0.05) is 35.3 Å². The van der Waals surface area contributed by atoms with Crippen LogP contribution in [0.15, 0.2) is 64.1 Å². The van der Waals surface area contributed by atoms with Crippen molar-refractivity contribution in [3.63, 3.8) is 0 Å². The van der Waals surface area contributed by atoms with Crippen LogP contribution in [-0.2, 0) is 60.4 Å². The minimum absolute atomic E-state index is 0.0597. The van der Waals surface area contributed by atoms with Crippen LogP contribution in [-0.4, -0.2) is 93.8 Å². The Balaban J connectivity index is 1.15. The molecule has 17 nitrogen and oxygen atoms in total. The number of hydrogen-bond donors (Lipinski definition) is 3. The molecule has 4 rings (SSSR count). The highest BCUT2D eigenvalue weighted by molar-refractivity contribution is 7.89. The first kappa shape index (κ1) is 42.3. The van der Waals surface area contributed by atoms with Crippen molar-refractivity contribution in [3.8, 4) is 0 Å². The number of carbonyl (C=O) groups is 4. The minimum atomic E-state index is -4.26. The van der Waals surface area contributed by atoms with Crippen LogP contribution in [0.5, 0.6) is 0 Å². The molecule has 0 aliphatic carbocycles. The Labute approximate surface area is 320 Å². The quantitative estimate of drug-likeness (QED) is 0.0611. The molecule has 0 bridgehead atoms. The van der Waals surface area contributed by atoms with Crippen LogP contribution < -0.4 is 10.5 Å². The summed E-state index contributed by atoms with van der Waals surface area (Å²) in [5, 5.41) is 19.7. The van der Waals surface area contributed by atoms with Gasteiger partial charge in [0.2, 0.25) is 22.6 Å². The molecule has 0 spiro atoms. The molecule has 20 heteroatoms. The largest absolute Gasteiger partial charge is 0.467 e. The molecule has 1 amide bonds. The van der Waals surface area contributed by atoms with Gasteiger partial charge in [-0.25, -0.2) is 23.1 Å². The number of rotatable bonds is 16. The van der Waals surface area contributed by atoms with Crippen LogP contribution in [0.2, 0.25) is 10.0 Å². The molecule has 2 aromatic carbocycles. The van der Waals surface area contributed by atoms with Gasteiger partial charge in [-0.2, -0.15) is 0 Å². The first-order valence-electron chi connectivity index (χ1n) is 16.2. The normalized spacial score (nSPS) is 18.1. The molecule has 1 aromatic heterocycles. The second-order valence-corrected chi connectivity index (χ2v) is 14.7. The first-order chi connectivity index (χ1) is 25.4. The standard InChI is InChI=1S/C34H39Cl2N3O14S/c1-21-34(44,22-6-4-7-23(35)14-22)53-19-33(2,3)39(21)32(43)52-20-51-30(41)17-29(40)49-12-10-47-11-13-50-31(42)25-15-28(54(37,45)46)26(36)16-27(25)38-18-24-8-5-9-48-24/h4-9,14-16,21,38,44H,10-13,17-20H2,1-3H3,(H2,37,45,46)/t21-,34+/m0/s1. The fourth-order valence-electron chi connectivity index (χ4n) is 5.32. The molecule has 1 fully saturated rings. The van der Waals surface area contributed by atoms with E-state index in [0.717, 1.165) is 6.07 Å². The summed E-state index contributed by atoms with van der Waals surface area (Å²) in [6.07, 6.45) is -0.236. The van der Waals surface area contributed by atoms with Gasteiger partial charge in [-0.15, -0.1) is 0 Å². The van der Waals surface area contributed by atoms with E-state index in [0.29, 0.717) is 16.3 Å². The van der Waals surface area contributed by atoms with Gasteiger partial charge in [0.05, 0.1) is 60.5 Å². The number of esters is 3. The number of nitrogens with zero attached hydrogens (tertiary/aromatic N) is 1. The van der Waals surface area contributed by atoms with Gasteiger partial charge < -0.3 is 43.3 Å². The molecule has 294 valence electrons. The van der Waals surface area contributed by atoms with E-state index in [1.54, 1.807) is 51.1 Å². The number of sulfonamides is 1. The average molecular weight is 817 g/mol. The molecule has 2 atom stereocenters. The van der Waals surface area contributed by atoms with Gasteiger partial charge in [0, 0.05) is 10.6 Å². The minimum Gasteiger partial charge on any atom is -0.467 e. The Morgan fingerprint density at radius 1 is 0.981 bits per heavy atom. The summed E-state index contributed by atoms with van der Waals surface area (Å²) in [6.45, 7) is 3.47. The SMILES string of the molecule is C[C@@H]1N(C(=O)OCOC(=O)CC(=O)OCCOCCOC(=O)c2cc(S(N)(=O)=O)c(Cl)cc2NCc2ccco2)C(C)(C)CO[C@@]1(O)c1cccc(Cl)c1. The zero-order chi connectivity index (χ0) is 39.7. The van der Waals surface area contributed by atoms with Crippen molar-refractivity contribution >= 4 is 62.9 Å². The van der Waals surface area contributed by atoms with Gasteiger partial charge in [-0.05, 0) is 57.2 Å². The molecule has 1 aliphatic heterocycles. The summed E-state index contributed by atoms with van der Waals surface area (Å²) in [5.41, 5.74) is -0.587. The third kappa shape index (κ3) is 11.1. The fraction of sp³-hybridized carbons (Fsp3) is 0.412. The number of carbonyl (C=O) groups excluding carboxylic acids is 4. The topological polar surface area (TPSA) is 232 Å². The highest BCUT2D eigenvalue weighted by Gasteiger charge is 2.53. The van der Waals surface area contributed by atoms with Gasteiger partial charge >= 0.3 is 24.0 Å². The third-order valence-corrected chi connectivity index (χ3v) is 9.57. The van der Waals surface area contributed by atoms with Crippen molar-refractivity contribution in [1.82, 2.24) is 4.90 Å². The number of morpholine rings is 1. The Bertz CT molecular complexity index is 1930. The summed E-state index contributed by atoms with van der Waals surface area (Å²) in [6, 6.07) is 11.0. The molecule has 4 N–H and O–H groups in total. The number of halogens is 2. The van der Waals surface area contributed by atoms with E-state index < -0.39 is 69.5 Å². The van der Waals surface area contributed by atoms with E-state index >= 15 is 0 Å². The Kier molecular flexibility index (Phi) is 14.3. The number of primary sulfonamides is 1. The van der Waals surface area contributed by atoms with Crippen LogP contribution in [0, 0.1) is 0 Å². The zero-order valence-electron chi connectivity index (χ0n) is 29.4. The van der Waals surface area contributed by atoms with Crippen molar-refractivity contribution in [2.45, 2.75) is 56.0 Å². The smallest absolute Gasteiger partial charge is 0.413 e. The van der Waals surface area contributed by atoms with E-state index in [4.69, 9.17) is 61.2 Å². The van der Waals surface area contributed by atoms with E-state index in [9.17, 15) is 32.7 Å². The molecule has 3 aromatic rings. The van der Waals surface area contributed by atoms with E-state index in [1.165, 1.54) is 23.3 Å². The molecule has 0 saturated carbocycles. The predicted octanol–water partition coefficient (Wildman–Crippen LogP) is 3.93. The van der Waals surface area contributed by atoms with Crippen LogP contribution in [0.4, 0.5) is 10.5 Å². The van der Waals surface area contributed by atoms with Crippen LogP contribution in [0.1, 0.15) is 48.9 Å². The average Bonchev–Trinajstić information content (AvgIpc) is 3.62. The van der Waals surface area contributed by atoms with Gasteiger partial charge in [-0.3, -0.25) is 14.5 Å². The van der Waals surface area contributed by atoms with E-state index in [2.05, 4.69) is 5.32 Å². The van der Waals surface area contributed by atoms with Crippen molar-refractivity contribution in [2.75, 3.05) is 45.1 Å². The lowest BCUT2D eigenvalue weighted by atomic mass is 9.90. The molecule has 2 heterocycles. The van der Waals surface area contributed by atoms with Crippen LogP contribution in [0.3, 0.4) is 0 Å². The Morgan fingerprint density at radius 3 is 2.35 bits per heavy atom. The van der Waals surface area contributed by atoms with Gasteiger partial charge in [0.15, 0.2) is 0 Å². The second-order valence-electron chi connectivity index (χ2n) is 12.3. The predicted molar refractivity (Wildman–Crippen MR) is 190 cm³/mol. The van der Waals surface area contributed by atoms with Gasteiger partial charge in [0.25, 0.3) is 0 Å². The summed E-state index contributed by atoms with van der Waals surface area (Å²) < 4.78 is 60.4. The molecular weight excluding hydrogens is 777 g/mol. The van der Waals surface area contributed by atoms with Crippen molar-refractivity contribution in [2.24, 2.45) is 5.14 Å². The summed E-state index contributed by atoms with van der Waals surface area (Å²) in [5.74, 6) is -4.26. The number of benzene rings is 2. The highest BCUT2D eigenvalue weighted by atomic mass is 35.5. The number of aliphatic hydroxyl groups is 1. The lowest BCUT2D eigenvalue weighted by Crippen LogP contribution is -2.66. The molecule has 0 radical (unpaired) electrons. The molecule has 54 heavy (non-hydrogen) atoms. The third-order valence-electron chi connectivity index (χ3n) is 7.96. The summed E-state index contributed by atoms with van der Waals surface area (Å²) in [4.78, 5) is 50.9. The van der Waals surface area contributed by atoms with Crippen molar-refractivity contribution in [1.29, 1.82) is 0 Å². The first-order valence-corrected chi connectivity index (χ1v) is 18.5. The molecule has 1 aliphatic rings. The van der Waals surface area contributed by atoms with E-state index in [1.807, 2.05) is 0 Å². The highest BCUT2D eigenvalue weighted by Crippen LogP contribution is 2.40. The van der Waals surface area contributed by atoms with Crippen LogP contribution in [0.25, 0.3) is 0 Å². The van der Waals surface area contributed by atoms with E-state index in [-0.39, 0.29) is 55.9 Å². The van der Waals surface area contributed by atoms with Crippen LogP contribution >= 0.6 is 23.2 Å². The Hall–Kier alpha value is -4.43. The number of ether oxygens (including phenoxy) is 6. The van der Waals surface area contributed by atoms with Crippen molar-refractivity contribution < 1.29 is 65.5 Å². The number of amides is 1. The molecule has 0 unspecified atom stereocenters. The summed E-state index contributed by atoms with van der Waals surface area (Å²) in [7, 11) is -4.26. The number of nitrogens with one attached hydrogen (secondary N) is 1. The number of nitrogens with two attached hydrogens (primary N) is 1. The molecule has 1 saturated heterocycles. The lowest BCUT2D eigenvalue weighted by Gasteiger charge is -2.52. The number of anilines is 1. The maximum Gasteiger partial charge on any atom is 0.413 e. The Morgan fingerprint density at radius 2 is 1.69 bits per heavy atom. The monoisotopic (exact) mass is 815 g/mol. The number of furan rings is 1. The number of hydrogen-bond acceptors (Lipinski definition) is 15. The van der Waals surface area contributed by atoms with Gasteiger partial charge in [0.1, 0.15) is 30.3 Å². The van der Waals surface area contributed by atoms with Crippen molar-refractivity contribution in [3.05, 3.63) is 81.7 Å². The maximum absolute atomic E-state index is 13.1. The zero-order valence-corrected chi connectivity index (χ0v) is 31.7. The second kappa shape index (κ2) is 18.3. The molecular formula is C34H39Cl2N3O14S. The fourth-order valence-corrected chi connectivity index (χ4v) is 6.61. The maximum atomic E-state index is 13.1. The summed E-state index contributed by atoms with van der Waals surface area (Å²) >= 11 is 12.2. The lowest BCUT2D eigenvalue weighted by molar-refractivity contribution is -0.295.